The van der Waals surface area contributed by atoms with Gasteiger partial charge in [0.1, 0.15) is 5.58 Å². The molecule has 24 heavy (non-hydrogen) atoms. The SMILES string of the molecule is CNC1CN(C(=O)c2ccc3ccoc3c2)C1.O=C(O)C(F)(F)F. The third-order valence-electron chi connectivity index (χ3n) is 3.52. The van der Waals surface area contributed by atoms with Crippen LogP contribution in [0.15, 0.2) is 34.9 Å². The normalized spacial score (nSPS) is 14.8. The van der Waals surface area contributed by atoms with E-state index in [0.717, 1.165) is 24.1 Å². The van der Waals surface area contributed by atoms with Crippen LogP contribution in [0.2, 0.25) is 0 Å². The zero-order chi connectivity index (χ0) is 17.9. The van der Waals surface area contributed by atoms with E-state index in [1.54, 1.807) is 6.26 Å². The van der Waals surface area contributed by atoms with E-state index in [4.69, 9.17) is 14.3 Å². The first kappa shape index (κ1) is 17.8. The first-order valence-electron chi connectivity index (χ1n) is 6.96. The fourth-order valence-electron chi connectivity index (χ4n) is 2.10. The van der Waals surface area contributed by atoms with Crippen molar-refractivity contribution in [2.24, 2.45) is 0 Å². The fraction of sp³-hybridized carbons (Fsp3) is 0.333. The van der Waals surface area contributed by atoms with Crippen LogP contribution in [0.1, 0.15) is 10.4 Å². The van der Waals surface area contributed by atoms with Crippen LogP contribution in [0.25, 0.3) is 11.0 Å². The molecule has 1 aromatic carbocycles. The van der Waals surface area contributed by atoms with Crippen molar-refractivity contribution in [3.63, 3.8) is 0 Å². The summed E-state index contributed by atoms with van der Waals surface area (Å²) in [6, 6.07) is 7.91. The van der Waals surface area contributed by atoms with Gasteiger partial charge in [-0.25, -0.2) is 4.79 Å². The van der Waals surface area contributed by atoms with Gasteiger partial charge < -0.3 is 19.7 Å². The molecule has 0 bridgehead atoms. The number of halogens is 3. The molecule has 0 aliphatic carbocycles. The predicted molar refractivity (Wildman–Crippen MR) is 78.7 cm³/mol. The van der Waals surface area contributed by atoms with Gasteiger partial charge in [-0.2, -0.15) is 13.2 Å². The Morgan fingerprint density at radius 1 is 1.29 bits per heavy atom. The topological polar surface area (TPSA) is 82.8 Å². The highest BCUT2D eigenvalue weighted by Crippen LogP contribution is 2.20. The van der Waals surface area contributed by atoms with Crippen molar-refractivity contribution in [3.8, 4) is 0 Å². The second-order valence-corrected chi connectivity index (χ2v) is 5.17. The van der Waals surface area contributed by atoms with Gasteiger partial charge in [-0.15, -0.1) is 0 Å². The Morgan fingerprint density at radius 2 is 1.92 bits per heavy atom. The quantitative estimate of drug-likeness (QED) is 0.872. The number of amides is 1. The van der Waals surface area contributed by atoms with Crippen LogP contribution >= 0.6 is 0 Å². The summed E-state index contributed by atoms with van der Waals surface area (Å²) in [7, 11) is 1.92. The molecule has 9 heteroatoms. The second kappa shape index (κ2) is 6.91. The molecule has 1 aliphatic rings. The summed E-state index contributed by atoms with van der Waals surface area (Å²) in [5, 5.41) is 11.3. The van der Waals surface area contributed by atoms with E-state index < -0.39 is 12.1 Å². The third kappa shape index (κ3) is 4.05. The van der Waals surface area contributed by atoms with Gasteiger partial charge >= 0.3 is 12.1 Å². The summed E-state index contributed by atoms with van der Waals surface area (Å²) in [6.07, 6.45) is -3.44. The Bertz CT molecular complexity index is 736. The minimum atomic E-state index is -5.08. The van der Waals surface area contributed by atoms with Gasteiger partial charge in [0.2, 0.25) is 0 Å². The fourth-order valence-corrected chi connectivity index (χ4v) is 2.10. The zero-order valence-corrected chi connectivity index (χ0v) is 12.6. The molecule has 1 saturated heterocycles. The Balaban J connectivity index is 0.000000256. The van der Waals surface area contributed by atoms with Crippen molar-refractivity contribution in [3.05, 3.63) is 36.1 Å². The highest BCUT2D eigenvalue weighted by atomic mass is 19.4. The van der Waals surface area contributed by atoms with E-state index in [2.05, 4.69) is 5.32 Å². The molecule has 2 heterocycles. The van der Waals surface area contributed by atoms with Crippen molar-refractivity contribution in [1.82, 2.24) is 10.2 Å². The number of hydrogen-bond acceptors (Lipinski definition) is 4. The van der Waals surface area contributed by atoms with Gasteiger partial charge in [-0.3, -0.25) is 4.79 Å². The number of carboxylic acid groups (broad SMARTS) is 1. The molecule has 1 amide bonds. The minimum absolute atomic E-state index is 0.0785. The Kier molecular flexibility index (Phi) is 5.13. The van der Waals surface area contributed by atoms with Crippen molar-refractivity contribution < 1.29 is 32.3 Å². The molecule has 2 aromatic rings. The van der Waals surface area contributed by atoms with E-state index >= 15 is 0 Å². The summed E-state index contributed by atoms with van der Waals surface area (Å²) in [5.41, 5.74) is 1.46. The molecular formula is C15H15F3N2O4. The van der Waals surface area contributed by atoms with Crippen LogP contribution in [-0.2, 0) is 4.79 Å². The van der Waals surface area contributed by atoms with Crippen molar-refractivity contribution >= 4 is 22.8 Å². The molecule has 0 atom stereocenters. The number of nitrogens with zero attached hydrogens (tertiary/aromatic N) is 1. The summed E-state index contributed by atoms with van der Waals surface area (Å²) in [6.45, 7) is 1.57. The standard InChI is InChI=1S/C13H14N2O2.C2HF3O2/c1-14-11-7-15(8-11)13(16)10-3-2-9-4-5-17-12(9)6-10;3-2(4,5)1(6)7/h2-6,11,14H,7-8H2,1H3;(H,6,7). The number of nitrogens with one attached hydrogen (secondary N) is 1. The molecule has 6 nitrogen and oxygen atoms in total. The number of furan rings is 1. The maximum atomic E-state index is 12.1. The molecule has 2 N–H and O–H groups in total. The molecule has 0 saturated carbocycles. The Hall–Kier alpha value is -2.55. The monoisotopic (exact) mass is 344 g/mol. The van der Waals surface area contributed by atoms with Gasteiger partial charge in [-0.1, -0.05) is 6.07 Å². The number of hydrogen-bond donors (Lipinski definition) is 2. The van der Waals surface area contributed by atoms with E-state index in [0.29, 0.717) is 11.6 Å². The van der Waals surface area contributed by atoms with Crippen molar-refractivity contribution in [2.75, 3.05) is 20.1 Å². The lowest BCUT2D eigenvalue weighted by Crippen LogP contribution is -2.58. The van der Waals surface area contributed by atoms with Crippen LogP contribution < -0.4 is 5.32 Å². The molecule has 3 rings (SSSR count). The molecule has 1 fully saturated rings. The number of likely N-dealkylation sites (tertiary alicyclic amines) is 1. The van der Waals surface area contributed by atoms with E-state index in [-0.39, 0.29) is 5.91 Å². The lowest BCUT2D eigenvalue weighted by atomic mass is 10.1. The largest absolute Gasteiger partial charge is 0.490 e. The summed E-state index contributed by atoms with van der Waals surface area (Å²) in [5.74, 6) is -2.68. The molecule has 1 aliphatic heterocycles. The third-order valence-corrected chi connectivity index (χ3v) is 3.52. The molecule has 0 spiro atoms. The molecule has 0 radical (unpaired) electrons. The number of benzene rings is 1. The Morgan fingerprint density at radius 3 is 2.46 bits per heavy atom. The average molecular weight is 344 g/mol. The van der Waals surface area contributed by atoms with Gasteiger partial charge in [0.05, 0.1) is 6.26 Å². The van der Waals surface area contributed by atoms with Crippen molar-refractivity contribution in [1.29, 1.82) is 0 Å². The van der Waals surface area contributed by atoms with Crippen molar-refractivity contribution in [2.45, 2.75) is 12.2 Å². The number of carbonyl (C=O) groups is 2. The first-order valence-corrected chi connectivity index (χ1v) is 6.96. The molecule has 1 aromatic heterocycles. The van der Waals surface area contributed by atoms with E-state index in [9.17, 15) is 18.0 Å². The first-order chi connectivity index (χ1) is 11.2. The number of carboxylic acids is 1. The van der Waals surface area contributed by atoms with Gasteiger partial charge in [0.25, 0.3) is 5.91 Å². The highest BCUT2D eigenvalue weighted by Gasteiger charge is 2.38. The lowest BCUT2D eigenvalue weighted by Gasteiger charge is -2.39. The maximum Gasteiger partial charge on any atom is 0.490 e. The Labute approximate surface area is 134 Å². The lowest BCUT2D eigenvalue weighted by molar-refractivity contribution is -0.192. The number of likely N-dealkylation sites (N-methyl/N-ethyl adjacent to an activating group) is 1. The smallest absolute Gasteiger partial charge is 0.475 e. The predicted octanol–water partition coefficient (Wildman–Crippen LogP) is 2.11. The van der Waals surface area contributed by atoms with Gasteiger partial charge in [0.15, 0.2) is 0 Å². The number of alkyl halides is 3. The van der Waals surface area contributed by atoms with E-state index in [1.165, 1.54) is 0 Å². The number of rotatable bonds is 2. The van der Waals surface area contributed by atoms with Crippen LogP contribution in [-0.4, -0.2) is 54.2 Å². The minimum Gasteiger partial charge on any atom is -0.475 e. The maximum absolute atomic E-state index is 12.1. The van der Waals surface area contributed by atoms with Crippen LogP contribution in [0, 0.1) is 0 Å². The summed E-state index contributed by atoms with van der Waals surface area (Å²) < 4.78 is 37.0. The molecule has 0 unspecified atom stereocenters. The van der Waals surface area contributed by atoms with Crippen LogP contribution in [0.5, 0.6) is 0 Å². The van der Waals surface area contributed by atoms with Gasteiger partial charge in [0, 0.05) is 30.1 Å². The highest BCUT2D eigenvalue weighted by molar-refractivity contribution is 5.98. The number of carbonyl (C=O) groups excluding carboxylic acids is 1. The second-order valence-electron chi connectivity index (χ2n) is 5.17. The van der Waals surface area contributed by atoms with Crippen LogP contribution in [0.3, 0.4) is 0 Å². The molecular weight excluding hydrogens is 329 g/mol. The van der Waals surface area contributed by atoms with Gasteiger partial charge in [-0.05, 0) is 25.2 Å². The number of aliphatic carboxylic acids is 1. The number of fused-ring (bicyclic) bond motifs is 1. The molecule has 130 valence electrons. The van der Waals surface area contributed by atoms with Crippen LogP contribution in [0.4, 0.5) is 13.2 Å². The van der Waals surface area contributed by atoms with E-state index in [1.807, 2.05) is 36.2 Å². The average Bonchev–Trinajstić information content (AvgIpc) is 2.93. The summed E-state index contributed by atoms with van der Waals surface area (Å²) in [4.78, 5) is 22.8. The summed E-state index contributed by atoms with van der Waals surface area (Å²) >= 11 is 0. The zero-order valence-electron chi connectivity index (χ0n) is 12.6.